The lowest BCUT2D eigenvalue weighted by Crippen LogP contribution is -2.34. The summed E-state index contributed by atoms with van der Waals surface area (Å²) in [4.78, 5) is 26.2. The van der Waals surface area contributed by atoms with Crippen LogP contribution in [0.15, 0.2) is 0 Å². The van der Waals surface area contributed by atoms with Crippen LogP contribution in [-0.4, -0.2) is 72.2 Å². The Morgan fingerprint density at radius 1 is 0.900 bits per heavy atom. The molecule has 9 heteroatoms. The fourth-order valence-electron chi connectivity index (χ4n) is 3.45. The van der Waals surface area contributed by atoms with Crippen molar-refractivity contribution in [1.82, 2.24) is 4.90 Å². The van der Waals surface area contributed by atoms with Crippen LogP contribution in [-0.2, 0) is 19.1 Å². The number of rotatable bonds is 15. The number of likely N-dealkylation sites (N-methyl/N-ethyl adjacent to an activating group) is 1. The molecule has 2 aliphatic heterocycles. The first kappa shape index (κ1) is 26.6. The lowest BCUT2D eigenvalue weighted by Gasteiger charge is -2.21. The maximum Gasteiger partial charge on any atom is 0.306 e. The number of carbonyl (C=O) groups excluding carboxylic acids is 2. The van der Waals surface area contributed by atoms with Gasteiger partial charge in [0.2, 0.25) is 0 Å². The summed E-state index contributed by atoms with van der Waals surface area (Å²) < 4.78 is 11.0. The molecule has 2 heterocycles. The van der Waals surface area contributed by atoms with Gasteiger partial charge in [-0.25, -0.2) is 0 Å². The standard InChI is InChI=1S/C21H37NO4S4/c1-22(2)15-17(26-21(24)10-6-4-8-19-12-14-28-30-19)16-25-20(23)9-5-3-7-18-11-13-27-29-18/h17-19H,3-16H2,1-2H3. The number of esters is 2. The summed E-state index contributed by atoms with van der Waals surface area (Å²) in [6.07, 6.45) is 9.31. The number of nitrogens with zero attached hydrogens (tertiary/aromatic N) is 1. The molecule has 30 heavy (non-hydrogen) atoms. The Morgan fingerprint density at radius 2 is 1.47 bits per heavy atom. The third-order valence-corrected chi connectivity index (χ3v) is 11.1. The van der Waals surface area contributed by atoms with E-state index in [0.717, 1.165) is 36.2 Å². The second-order valence-corrected chi connectivity index (χ2v) is 13.8. The first-order valence-corrected chi connectivity index (χ1v) is 15.9. The molecule has 0 aliphatic carbocycles. The topological polar surface area (TPSA) is 55.8 Å². The number of unbranched alkanes of at least 4 members (excludes halogenated alkanes) is 2. The molecule has 0 amide bonds. The van der Waals surface area contributed by atoms with Gasteiger partial charge in [-0.1, -0.05) is 56.0 Å². The summed E-state index contributed by atoms with van der Waals surface area (Å²) in [6.45, 7) is 0.708. The van der Waals surface area contributed by atoms with E-state index in [1.165, 1.54) is 37.2 Å². The first-order chi connectivity index (χ1) is 14.5. The van der Waals surface area contributed by atoms with Crippen molar-refractivity contribution < 1.29 is 19.1 Å². The van der Waals surface area contributed by atoms with Gasteiger partial charge in [0.25, 0.3) is 0 Å². The Morgan fingerprint density at radius 3 is 1.97 bits per heavy atom. The van der Waals surface area contributed by atoms with Gasteiger partial charge in [-0.05, 0) is 52.6 Å². The Balaban J connectivity index is 1.55. The molecule has 2 saturated heterocycles. The zero-order valence-corrected chi connectivity index (χ0v) is 21.6. The average molecular weight is 496 g/mol. The van der Waals surface area contributed by atoms with E-state index in [2.05, 4.69) is 0 Å². The molecule has 2 rings (SSSR count). The molecule has 2 fully saturated rings. The van der Waals surface area contributed by atoms with Gasteiger partial charge >= 0.3 is 11.9 Å². The van der Waals surface area contributed by atoms with Crippen molar-refractivity contribution in [3.8, 4) is 0 Å². The molecule has 0 aromatic rings. The molecule has 0 bridgehead atoms. The SMILES string of the molecule is CN(C)CC(COC(=O)CCCCC1CCSS1)OC(=O)CCCCC1CCSS1. The molecule has 2 aliphatic rings. The summed E-state index contributed by atoms with van der Waals surface area (Å²) in [7, 11) is 11.7. The zero-order chi connectivity index (χ0) is 21.6. The first-order valence-electron chi connectivity index (χ1n) is 11.1. The van der Waals surface area contributed by atoms with E-state index in [9.17, 15) is 9.59 Å². The van der Waals surface area contributed by atoms with E-state index < -0.39 is 6.10 Å². The zero-order valence-electron chi connectivity index (χ0n) is 18.3. The normalized spacial score (nSPS) is 22.4. The number of ether oxygens (including phenoxy) is 2. The third-order valence-electron chi connectivity index (χ3n) is 5.07. The van der Waals surface area contributed by atoms with Gasteiger partial charge in [-0.3, -0.25) is 9.59 Å². The van der Waals surface area contributed by atoms with Gasteiger partial charge in [0.05, 0.1) is 0 Å². The van der Waals surface area contributed by atoms with Crippen molar-refractivity contribution in [3.05, 3.63) is 0 Å². The molecule has 0 aromatic carbocycles. The van der Waals surface area contributed by atoms with E-state index in [1.54, 1.807) is 0 Å². The van der Waals surface area contributed by atoms with Crippen LogP contribution in [0.5, 0.6) is 0 Å². The van der Waals surface area contributed by atoms with E-state index in [4.69, 9.17) is 9.47 Å². The average Bonchev–Trinajstić information content (AvgIpc) is 3.40. The highest BCUT2D eigenvalue weighted by molar-refractivity contribution is 8.77. The van der Waals surface area contributed by atoms with Gasteiger partial charge < -0.3 is 14.4 Å². The van der Waals surface area contributed by atoms with Crippen molar-refractivity contribution >= 4 is 55.1 Å². The third kappa shape index (κ3) is 12.4. The van der Waals surface area contributed by atoms with Crippen LogP contribution in [0.1, 0.15) is 64.2 Å². The van der Waals surface area contributed by atoms with E-state index >= 15 is 0 Å². The predicted octanol–water partition coefficient (Wildman–Crippen LogP) is 5.43. The summed E-state index contributed by atoms with van der Waals surface area (Å²) >= 11 is 0. The molecule has 0 aromatic heterocycles. The molecule has 0 spiro atoms. The van der Waals surface area contributed by atoms with Crippen LogP contribution in [0.2, 0.25) is 0 Å². The quantitative estimate of drug-likeness (QED) is 0.168. The smallest absolute Gasteiger partial charge is 0.306 e. The highest BCUT2D eigenvalue weighted by Gasteiger charge is 2.20. The predicted molar refractivity (Wildman–Crippen MR) is 133 cm³/mol. The van der Waals surface area contributed by atoms with E-state index in [1.807, 2.05) is 62.2 Å². The fraction of sp³-hybridized carbons (Fsp3) is 0.905. The maximum absolute atomic E-state index is 12.2. The van der Waals surface area contributed by atoms with Crippen LogP contribution in [0, 0.1) is 0 Å². The van der Waals surface area contributed by atoms with Gasteiger partial charge in [0.15, 0.2) is 0 Å². The summed E-state index contributed by atoms with van der Waals surface area (Å²) in [5, 5.41) is 1.51. The monoisotopic (exact) mass is 495 g/mol. The number of hydrogen-bond acceptors (Lipinski definition) is 9. The summed E-state index contributed by atoms with van der Waals surface area (Å²) in [5.74, 6) is 2.14. The van der Waals surface area contributed by atoms with Crippen LogP contribution < -0.4 is 0 Å². The molecular formula is C21H37NO4S4. The maximum atomic E-state index is 12.2. The Labute approximate surface area is 198 Å². The molecule has 3 atom stereocenters. The van der Waals surface area contributed by atoms with Crippen molar-refractivity contribution in [2.45, 2.75) is 80.8 Å². The molecule has 0 radical (unpaired) electrons. The molecular weight excluding hydrogens is 459 g/mol. The van der Waals surface area contributed by atoms with Crippen LogP contribution in [0.25, 0.3) is 0 Å². The van der Waals surface area contributed by atoms with Crippen molar-refractivity contribution in [3.63, 3.8) is 0 Å². The highest BCUT2D eigenvalue weighted by atomic mass is 33.1. The van der Waals surface area contributed by atoms with Crippen LogP contribution in [0.4, 0.5) is 0 Å². The highest BCUT2D eigenvalue weighted by Crippen LogP contribution is 2.40. The minimum absolute atomic E-state index is 0.147. The Kier molecular flexibility index (Phi) is 14.2. The lowest BCUT2D eigenvalue weighted by molar-refractivity contribution is -0.160. The van der Waals surface area contributed by atoms with Gasteiger partial charge in [0.1, 0.15) is 12.7 Å². The second-order valence-electron chi connectivity index (χ2n) is 8.21. The molecule has 0 saturated carbocycles. The summed E-state index contributed by atoms with van der Waals surface area (Å²) in [6, 6.07) is 0. The Bertz CT molecular complexity index is 497. The van der Waals surface area contributed by atoms with Gasteiger partial charge in [-0.15, -0.1) is 0 Å². The largest absolute Gasteiger partial charge is 0.462 e. The van der Waals surface area contributed by atoms with Gasteiger partial charge in [-0.2, -0.15) is 0 Å². The molecule has 3 unspecified atom stereocenters. The van der Waals surface area contributed by atoms with Crippen molar-refractivity contribution in [2.24, 2.45) is 0 Å². The molecule has 5 nitrogen and oxygen atoms in total. The van der Waals surface area contributed by atoms with Crippen LogP contribution >= 0.6 is 43.2 Å². The van der Waals surface area contributed by atoms with Gasteiger partial charge in [0, 0.05) is 41.4 Å². The Hall–Kier alpha value is 0.300. The van der Waals surface area contributed by atoms with Crippen molar-refractivity contribution in [2.75, 3.05) is 38.8 Å². The van der Waals surface area contributed by atoms with Crippen LogP contribution in [0.3, 0.4) is 0 Å². The van der Waals surface area contributed by atoms with E-state index in [0.29, 0.717) is 19.4 Å². The van der Waals surface area contributed by atoms with Crippen molar-refractivity contribution in [1.29, 1.82) is 0 Å². The molecule has 0 N–H and O–H groups in total. The minimum Gasteiger partial charge on any atom is -0.462 e. The van der Waals surface area contributed by atoms with E-state index in [-0.39, 0.29) is 18.5 Å². The molecule has 174 valence electrons. The number of carbonyl (C=O) groups is 2. The second kappa shape index (κ2) is 16.0. The fourth-order valence-corrected chi connectivity index (χ4v) is 9.50. The number of hydrogen-bond donors (Lipinski definition) is 0. The lowest BCUT2D eigenvalue weighted by atomic mass is 10.1. The summed E-state index contributed by atoms with van der Waals surface area (Å²) in [5.41, 5.74) is 0. The minimum atomic E-state index is -0.398.